The largest absolute Gasteiger partial charge is 0.371 e. The summed E-state index contributed by atoms with van der Waals surface area (Å²) in [6, 6.07) is 7.06. The standard InChI is InChI=1S/C18H31BrN2/c1-13(2)11-20-12-15-10-16(19)8-9-17(15)21(7)14(3)18(4,5)6/h8-10,13-14,20H,11-12H2,1-7H3. The minimum absolute atomic E-state index is 0.254. The summed E-state index contributed by atoms with van der Waals surface area (Å²) in [5, 5.41) is 3.55. The maximum atomic E-state index is 3.60. The van der Waals surface area contributed by atoms with Crippen molar-refractivity contribution < 1.29 is 0 Å². The van der Waals surface area contributed by atoms with Gasteiger partial charge in [0.1, 0.15) is 0 Å². The van der Waals surface area contributed by atoms with Crippen molar-refractivity contribution in [3.05, 3.63) is 28.2 Å². The molecule has 0 saturated carbocycles. The van der Waals surface area contributed by atoms with E-state index in [1.54, 1.807) is 0 Å². The monoisotopic (exact) mass is 354 g/mol. The number of hydrogen-bond acceptors (Lipinski definition) is 2. The fraction of sp³-hybridized carbons (Fsp3) is 0.667. The fourth-order valence-corrected chi connectivity index (χ4v) is 2.73. The van der Waals surface area contributed by atoms with E-state index >= 15 is 0 Å². The van der Waals surface area contributed by atoms with Crippen LogP contribution < -0.4 is 10.2 Å². The van der Waals surface area contributed by atoms with Crippen LogP contribution >= 0.6 is 15.9 Å². The lowest BCUT2D eigenvalue weighted by Crippen LogP contribution is -2.40. The topological polar surface area (TPSA) is 15.3 Å². The minimum Gasteiger partial charge on any atom is -0.371 e. The summed E-state index contributed by atoms with van der Waals surface area (Å²) >= 11 is 3.60. The molecule has 120 valence electrons. The molecule has 1 aromatic carbocycles. The second kappa shape index (κ2) is 7.64. The summed E-state index contributed by atoms with van der Waals surface area (Å²) in [5.41, 5.74) is 2.92. The summed E-state index contributed by atoms with van der Waals surface area (Å²) in [5.74, 6) is 0.673. The fourth-order valence-electron chi connectivity index (χ4n) is 2.32. The molecule has 0 fully saturated rings. The zero-order chi connectivity index (χ0) is 16.2. The number of hydrogen-bond donors (Lipinski definition) is 1. The van der Waals surface area contributed by atoms with Gasteiger partial charge in [-0.2, -0.15) is 0 Å². The molecule has 0 bridgehead atoms. The molecule has 0 aliphatic heterocycles. The van der Waals surface area contributed by atoms with Crippen molar-refractivity contribution in [1.29, 1.82) is 0 Å². The molecule has 0 radical (unpaired) electrons. The second-order valence-electron chi connectivity index (χ2n) is 7.45. The highest BCUT2D eigenvalue weighted by atomic mass is 79.9. The van der Waals surface area contributed by atoms with Crippen LogP contribution in [0.1, 0.15) is 47.1 Å². The normalized spacial score (nSPS) is 13.6. The van der Waals surface area contributed by atoms with E-state index in [1.807, 2.05) is 0 Å². The van der Waals surface area contributed by atoms with Gasteiger partial charge in [0.15, 0.2) is 0 Å². The van der Waals surface area contributed by atoms with Crippen LogP contribution in [0.15, 0.2) is 22.7 Å². The van der Waals surface area contributed by atoms with Crippen LogP contribution in [0.5, 0.6) is 0 Å². The number of halogens is 1. The van der Waals surface area contributed by atoms with E-state index in [0.29, 0.717) is 12.0 Å². The third-order valence-electron chi connectivity index (χ3n) is 4.12. The zero-order valence-electron chi connectivity index (χ0n) is 14.6. The Hall–Kier alpha value is -0.540. The Balaban J connectivity index is 2.95. The Morgan fingerprint density at radius 3 is 2.33 bits per heavy atom. The minimum atomic E-state index is 0.254. The molecule has 1 rings (SSSR count). The first-order chi connectivity index (χ1) is 9.62. The van der Waals surface area contributed by atoms with Crippen LogP contribution in [0.25, 0.3) is 0 Å². The van der Waals surface area contributed by atoms with Gasteiger partial charge in [-0.3, -0.25) is 0 Å². The third kappa shape index (κ3) is 5.63. The van der Waals surface area contributed by atoms with Crippen LogP contribution in [0.3, 0.4) is 0 Å². The molecule has 0 heterocycles. The summed E-state index contributed by atoms with van der Waals surface area (Å²) in [6.07, 6.45) is 0. The molecule has 1 atom stereocenters. The molecule has 0 spiro atoms. The van der Waals surface area contributed by atoms with Gasteiger partial charge in [0.05, 0.1) is 0 Å². The molecule has 0 aromatic heterocycles. The second-order valence-corrected chi connectivity index (χ2v) is 8.37. The quantitative estimate of drug-likeness (QED) is 0.767. The molecular weight excluding hydrogens is 324 g/mol. The first-order valence-corrected chi connectivity index (χ1v) is 8.64. The van der Waals surface area contributed by atoms with Crippen molar-refractivity contribution in [2.45, 2.75) is 54.1 Å². The van der Waals surface area contributed by atoms with Gasteiger partial charge in [-0.15, -0.1) is 0 Å². The molecule has 21 heavy (non-hydrogen) atoms. The molecule has 1 aromatic rings. The van der Waals surface area contributed by atoms with Crippen LogP contribution in [-0.4, -0.2) is 19.6 Å². The molecule has 2 nitrogen and oxygen atoms in total. The van der Waals surface area contributed by atoms with Gasteiger partial charge in [-0.25, -0.2) is 0 Å². The maximum Gasteiger partial charge on any atom is 0.0412 e. The Labute approximate surface area is 139 Å². The van der Waals surface area contributed by atoms with E-state index in [2.05, 4.69) is 92.9 Å². The van der Waals surface area contributed by atoms with E-state index in [1.165, 1.54) is 11.3 Å². The van der Waals surface area contributed by atoms with Crippen molar-refractivity contribution >= 4 is 21.6 Å². The smallest absolute Gasteiger partial charge is 0.0412 e. The van der Waals surface area contributed by atoms with E-state index in [0.717, 1.165) is 17.6 Å². The molecule has 0 saturated heterocycles. The molecule has 1 N–H and O–H groups in total. The molecule has 0 aliphatic rings. The third-order valence-corrected chi connectivity index (χ3v) is 4.62. The number of rotatable bonds is 6. The highest BCUT2D eigenvalue weighted by molar-refractivity contribution is 9.10. The molecule has 0 amide bonds. The van der Waals surface area contributed by atoms with E-state index in [-0.39, 0.29) is 5.41 Å². The van der Waals surface area contributed by atoms with Gasteiger partial charge < -0.3 is 10.2 Å². The maximum absolute atomic E-state index is 3.60. The van der Waals surface area contributed by atoms with Crippen LogP contribution in [0.4, 0.5) is 5.69 Å². The first-order valence-electron chi connectivity index (χ1n) is 7.85. The summed E-state index contributed by atoms with van der Waals surface area (Å²) in [6.45, 7) is 15.6. The Morgan fingerprint density at radius 2 is 1.81 bits per heavy atom. The predicted molar refractivity (Wildman–Crippen MR) is 98.0 cm³/mol. The Kier molecular flexibility index (Phi) is 6.73. The molecule has 0 aliphatic carbocycles. The average molecular weight is 355 g/mol. The van der Waals surface area contributed by atoms with Crippen molar-refractivity contribution in [2.24, 2.45) is 11.3 Å². The van der Waals surface area contributed by atoms with E-state index in [9.17, 15) is 0 Å². The number of anilines is 1. The lowest BCUT2D eigenvalue weighted by atomic mass is 9.86. The van der Waals surface area contributed by atoms with E-state index in [4.69, 9.17) is 0 Å². The summed E-state index contributed by atoms with van der Waals surface area (Å²) < 4.78 is 1.14. The van der Waals surface area contributed by atoms with Gasteiger partial charge in [0, 0.05) is 29.8 Å². The van der Waals surface area contributed by atoms with Crippen molar-refractivity contribution in [1.82, 2.24) is 5.32 Å². The highest BCUT2D eigenvalue weighted by Crippen LogP contribution is 2.31. The van der Waals surface area contributed by atoms with Crippen molar-refractivity contribution in [2.75, 3.05) is 18.5 Å². The number of nitrogens with zero attached hydrogens (tertiary/aromatic N) is 1. The van der Waals surface area contributed by atoms with Gasteiger partial charge in [0.25, 0.3) is 0 Å². The van der Waals surface area contributed by atoms with Gasteiger partial charge >= 0.3 is 0 Å². The molecule has 3 heteroatoms. The number of nitrogens with one attached hydrogen (secondary N) is 1. The van der Waals surface area contributed by atoms with Gasteiger partial charge in [0.2, 0.25) is 0 Å². The average Bonchev–Trinajstić information content (AvgIpc) is 2.35. The van der Waals surface area contributed by atoms with Crippen LogP contribution in [-0.2, 0) is 6.54 Å². The van der Waals surface area contributed by atoms with E-state index < -0.39 is 0 Å². The van der Waals surface area contributed by atoms with Crippen molar-refractivity contribution in [3.63, 3.8) is 0 Å². The van der Waals surface area contributed by atoms with Gasteiger partial charge in [-0.05, 0) is 48.6 Å². The molecular formula is C18H31BrN2. The summed E-state index contributed by atoms with van der Waals surface area (Å²) in [7, 11) is 2.20. The van der Waals surface area contributed by atoms with Crippen LogP contribution in [0.2, 0.25) is 0 Å². The zero-order valence-corrected chi connectivity index (χ0v) is 16.2. The van der Waals surface area contributed by atoms with Crippen LogP contribution in [0, 0.1) is 11.3 Å². The Bertz CT molecular complexity index is 449. The van der Waals surface area contributed by atoms with Crippen molar-refractivity contribution in [3.8, 4) is 0 Å². The lowest BCUT2D eigenvalue weighted by Gasteiger charge is -2.38. The predicted octanol–water partition coefficient (Wildman–Crippen LogP) is 5.07. The molecule has 1 unspecified atom stereocenters. The number of benzene rings is 1. The highest BCUT2D eigenvalue weighted by Gasteiger charge is 2.25. The Morgan fingerprint density at radius 1 is 1.19 bits per heavy atom. The summed E-state index contributed by atoms with van der Waals surface area (Å²) in [4.78, 5) is 2.40. The van der Waals surface area contributed by atoms with Gasteiger partial charge in [-0.1, -0.05) is 50.5 Å². The first kappa shape index (κ1) is 18.5. The SMILES string of the molecule is CC(C)CNCc1cc(Br)ccc1N(C)C(C)C(C)(C)C. The lowest BCUT2D eigenvalue weighted by molar-refractivity contribution is 0.329.